The lowest BCUT2D eigenvalue weighted by Gasteiger charge is -2.05. The van der Waals surface area contributed by atoms with Crippen LogP contribution < -0.4 is 5.32 Å². The predicted octanol–water partition coefficient (Wildman–Crippen LogP) is 3.49. The van der Waals surface area contributed by atoms with Crippen LogP contribution in [0, 0.1) is 0 Å². The maximum Gasteiger partial charge on any atom is 0.251 e. The van der Waals surface area contributed by atoms with Gasteiger partial charge in [-0.2, -0.15) is 0 Å². The van der Waals surface area contributed by atoms with Crippen molar-refractivity contribution >= 4 is 32.6 Å². The number of carbonyl (C=O) groups is 1. The van der Waals surface area contributed by atoms with Crippen molar-refractivity contribution in [3.63, 3.8) is 0 Å². The molecule has 0 heterocycles. The van der Waals surface area contributed by atoms with E-state index in [1.54, 1.807) is 0 Å². The first kappa shape index (κ1) is 10.8. The Labute approximate surface area is 108 Å². The van der Waals surface area contributed by atoms with E-state index in [-0.39, 0.29) is 5.91 Å². The van der Waals surface area contributed by atoms with Crippen LogP contribution in [0.25, 0.3) is 10.8 Å². The Morgan fingerprint density at radius 3 is 2.59 bits per heavy atom. The van der Waals surface area contributed by atoms with Gasteiger partial charge < -0.3 is 5.32 Å². The Morgan fingerprint density at radius 1 is 1.12 bits per heavy atom. The SMILES string of the molecule is O=C(NC1CC1)c1ccc2cc(Br)ccc2c1. The third-order valence-corrected chi connectivity index (χ3v) is 3.47. The van der Waals surface area contributed by atoms with Crippen LogP contribution in [0.3, 0.4) is 0 Å². The van der Waals surface area contributed by atoms with Gasteiger partial charge in [-0.05, 0) is 47.9 Å². The van der Waals surface area contributed by atoms with Crippen LogP contribution in [0.4, 0.5) is 0 Å². The van der Waals surface area contributed by atoms with Gasteiger partial charge in [0.2, 0.25) is 0 Å². The van der Waals surface area contributed by atoms with Gasteiger partial charge in [-0.3, -0.25) is 4.79 Å². The normalized spacial score (nSPS) is 14.9. The second kappa shape index (κ2) is 4.15. The highest BCUT2D eigenvalue weighted by molar-refractivity contribution is 9.10. The molecule has 2 aromatic carbocycles. The van der Waals surface area contributed by atoms with Gasteiger partial charge in [-0.1, -0.05) is 28.1 Å². The minimum absolute atomic E-state index is 0.0392. The van der Waals surface area contributed by atoms with Crippen LogP contribution in [0.15, 0.2) is 40.9 Å². The Morgan fingerprint density at radius 2 is 1.82 bits per heavy atom. The highest BCUT2D eigenvalue weighted by Crippen LogP contribution is 2.22. The fourth-order valence-electron chi connectivity index (χ4n) is 1.85. The van der Waals surface area contributed by atoms with Crippen LogP contribution >= 0.6 is 15.9 Å². The average Bonchev–Trinajstić information content (AvgIpc) is 3.12. The van der Waals surface area contributed by atoms with Crippen LogP contribution in [-0.2, 0) is 0 Å². The number of amides is 1. The van der Waals surface area contributed by atoms with E-state index in [2.05, 4.69) is 27.3 Å². The summed E-state index contributed by atoms with van der Waals surface area (Å²) >= 11 is 3.44. The van der Waals surface area contributed by atoms with Crippen molar-refractivity contribution in [2.24, 2.45) is 0 Å². The lowest BCUT2D eigenvalue weighted by Crippen LogP contribution is -2.25. The van der Waals surface area contributed by atoms with Crippen molar-refractivity contribution in [3.05, 3.63) is 46.4 Å². The quantitative estimate of drug-likeness (QED) is 0.901. The van der Waals surface area contributed by atoms with Crippen LogP contribution in [-0.4, -0.2) is 11.9 Å². The van der Waals surface area contributed by atoms with E-state index in [4.69, 9.17) is 0 Å². The zero-order valence-corrected chi connectivity index (χ0v) is 10.8. The van der Waals surface area contributed by atoms with Gasteiger partial charge in [-0.15, -0.1) is 0 Å². The summed E-state index contributed by atoms with van der Waals surface area (Å²) < 4.78 is 1.06. The minimum atomic E-state index is 0.0392. The lowest BCUT2D eigenvalue weighted by atomic mass is 10.1. The van der Waals surface area contributed by atoms with E-state index < -0.39 is 0 Å². The van der Waals surface area contributed by atoms with Gasteiger partial charge in [-0.25, -0.2) is 0 Å². The zero-order chi connectivity index (χ0) is 11.8. The molecule has 1 N–H and O–H groups in total. The van der Waals surface area contributed by atoms with Crippen LogP contribution in [0.5, 0.6) is 0 Å². The highest BCUT2D eigenvalue weighted by atomic mass is 79.9. The largest absolute Gasteiger partial charge is 0.349 e. The number of hydrogen-bond donors (Lipinski definition) is 1. The fraction of sp³-hybridized carbons (Fsp3) is 0.214. The van der Waals surface area contributed by atoms with Crippen molar-refractivity contribution in [2.45, 2.75) is 18.9 Å². The molecule has 1 saturated carbocycles. The molecule has 2 nitrogen and oxygen atoms in total. The fourth-order valence-corrected chi connectivity index (χ4v) is 2.23. The molecule has 3 heteroatoms. The molecule has 2 aromatic rings. The summed E-state index contributed by atoms with van der Waals surface area (Å²) in [6.07, 6.45) is 2.23. The van der Waals surface area contributed by atoms with E-state index >= 15 is 0 Å². The first-order chi connectivity index (χ1) is 8.22. The average molecular weight is 290 g/mol. The molecule has 0 unspecified atom stereocenters. The molecule has 0 aliphatic heterocycles. The Bertz CT molecular complexity index is 590. The molecular weight excluding hydrogens is 278 g/mol. The molecule has 17 heavy (non-hydrogen) atoms. The van der Waals surface area contributed by atoms with Crippen molar-refractivity contribution in [3.8, 4) is 0 Å². The number of nitrogens with one attached hydrogen (secondary N) is 1. The van der Waals surface area contributed by atoms with E-state index in [9.17, 15) is 4.79 Å². The maximum atomic E-state index is 11.9. The van der Waals surface area contributed by atoms with Gasteiger partial charge in [0, 0.05) is 16.1 Å². The van der Waals surface area contributed by atoms with Crippen molar-refractivity contribution < 1.29 is 4.79 Å². The summed E-state index contributed by atoms with van der Waals surface area (Å²) in [7, 11) is 0. The first-order valence-corrected chi connectivity index (χ1v) is 6.52. The van der Waals surface area contributed by atoms with Gasteiger partial charge in [0.25, 0.3) is 5.91 Å². The Balaban J connectivity index is 1.95. The zero-order valence-electron chi connectivity index (χ0n) is 9.24. The van der Waals surface area contributed by atoms with E-state index in [0.717, 1.165) is 33.7 Å². The van der Waals surface area contributed by atoms with Crippen LogP contribution in [0.2, 0.25) is 0 Å². The second-order valence-corrected chi connectivity index (χ2v) is 5.37. The summed E-state index contributed by atoms with van der Waals surface area (Å²) in [6, 6.07) is 12.3. The Kier molecular flexibility index (Phi) is 2.63. The molecule has 0 spiro atoms. The maximum absolute atomic E-state index is 11.9. The van der Waals surface area contributed by atoms with Crippen molar-refractivity contribution in [2.75, 3.05) is 0 Å². The van der Waals surface area contributed by atoms with Crippen molar-refractivity contribution in [1.29, 1.82) is 0 Å². The molecular formula is C14H12BrNO. The molecule has 1 fully saturated rings. The first-order valence-electron chi connectivity index (χ1n) is 5.72. The molecule has 1 aliphatic rings. The molecule has 0 radical (unpaired) electrons. The number of halogens is 1. The van der Waals surface area contributed by atoms with Gasteiger partial charge in [0.05, 0.1) is 0 Å². The summed E-state index contributed by atoms with van der Waals surface area (Å²) in [5, 5.41) is 5.23. The number of fused-ring (bicyclic) bond motifs is 1. The molecule has 0 bridgehead atoms. The molecule has 3 rings (SSSR count). The van der Waals surface area contributed by atoms with Gasteiger partial charge >= 0.3 is 0 Å². The summed E-state index contributed by atoms with van der Waals surface area (Å²) in [4.78, 5) is 11.9. The summed E-state index contributed by atoms with van der Waals surface area (Å²) in [5.41, 5.74) is 0.742. The topological polar surface area (TPSA) is 29.1 Å². The third kappa shape index (κ3) is 2.34. The summed E-state index contributed by atoms with van der Waals surface area (Å²) in [6.45, 7) is 0. The monoisotopic (exact) mass is 289 g/mol. The van der Waals surface area contributed by atoms with E-state index in [0.29, 0.717) is 6.04 Å². The Hall–Kier alpha value is -1.35. The van der Waals surface area contributed by atoms with E-state index in [1.165, 1.54) is 0 Å². The number of benzene rings is 2. The highest BCUT2D eigenvalue weighted by Gasteiger charge is 2.23. The molecule has 86 valence electrons. The van der Waals surface area contributed by atoms with Crippen LogP contribution in [0.1, 0.15) is 23.2 Å². The lowest BCUT2D eigenvalue weighted by molar-refractivity contribution is 0.0951. The second-order valence-electron chi connectivity index (χ2n) is 4.45. The van der Waals surface area contributed by atoms with Gasteiger partial charge in [0.1, 0.15) is 0 Å². The van der Waals surface area contributed by atoms with Crippen molar-refractivity contribution in [1.82, 2.24) is 5.32 Å². The molecule has 0 atom stereocenters. The molecule has 0 aromatic heterocycles. The standard InChI is InChI=1S/C14H12BrNO/c15-12-4-3-9-7-11(2-1-10(9)8-12)14(17)16-13-5-6-13/h1-4,7-8,13H,5-6H2,(H,16,17). The smallest absolute Gasteiger partial charge is 0.251 e. The number of rotatable bonds is 2. The molecule has 1 aliphatic carbocycles. The number of hydrogen-bond acceptors (Lipinski definition) is 1. The number of carbonyl (C=O) groups excluding carboxylic acids is 1. The molecule has 1 amide bonds. The molecule has 0 saturated heterocycles. The van der Waals surface area contributed by atoms with E-state index in [1.807, 2.05) is 30.3 Å². The third-order valence-electron chi connectivity index (χ3n) is 2.98. The summed E-state index contributed by atoms with van der Waals surface area (Å²) in [5.74, 6) is 0.0392. The van der Waals surface area contributed by atoms with Gasteiger partial charge in [0.15, 0.2) is 0 Å². The minimum Gasteiger partial charge on any atom is -0.349 e. The predicted molar refractivity (Wildman–Crippen MR) is 72.1 cm³/mol.